The first-order valence-electron chi connectivity index (χ1n) is 7.20. The average Bonchev–Trinajstić information content (AvgIpc) is 2.36. The standard InChI is InChI=1S/C14H29FN2/c1-4-13-11-17(10-8-6-7-9-15)14(3,5-2)12-16-13/h13,16H,4-12H2,1-3H3. The zero-order chi connectivity index (χ0) is 12.7. The molecule has 0 spiro atoms. The van der Waals surface area contributed by atoms with E-state index < -0.39 is 0 Å². The molecule has 1 rings (SSSR count). The average molecular weight is 244 g/mol. The Morgan fingerprint density at radius 1 is 1.29 bits per heavy atom. The molecule has 1 saturated heterocycles. The van der Waals surface area contributed by atoms with Gasteiger partial charge in [0.25, 0.3) is 0 Å². The Bertz CT molecular complexity index is 210. The minimum Gasteiger partial charge on any atom is -0.311 e. The van der Waals surface area contributed by atoms with Crippen molar-refractivity contribution in [1.82, 2.24) is 10.2 Å². The van der Waals surface area contributed by atoms with Crippen molar-refractivity contribution in [3.05, 3.63) is 0 Å². The summed E-state index contributed by atoms with van der Waals surface area (Å²) in [6.07, 6.45) is 5.26. The van der Waals surface area contributed by atoms with Gasteiger partial charge in [-0.05, 0) is 45.6 Å². The van der Waals surface area contributed by atoms with Crippen LogP contribution in [-0.4, -0.2) is 42.8 Å². The molecule has 0 aliphatic carbocycles. The van der Waals surface area contributed by atoms with Crippen LogP contribution in [0.5, 0.6) is 0 Å². The smallest absolute Gasteiger partial charge is 0.0894 e. The molecular weight excluding hydrogens is 215 g/mol. The van der Waals surface area contributed by atoms with Gasteiger partial charge < -0.3 is 5.32 Å². The predicted octanol–water partition coefficient (Wildman–Crippen LogP) is 2.98. The minimum absolute atomic E-state index is 0.163. The lowest BCUT2D eigenvalue weighted by atomic mass is 9.91. The number of alkyl halides is 1. The van der Waals surface area contributed by atoms with Crippen LogP contribution in [0.3, 0.4) is 0 Å². The monoisotopic (exact) mass is 244 g/mol. The lowest BCUT2D eigenvalue weighted by Gasteiger charge is -2.48. The molecule has 0 amide bonds. The fourth-order valence-corrected chi connectivity index (χ4v) is 2.58. The molecule has 0 bridgehead atoms. The van der Waals surface area contributed by atoms with Gasteiger partial charge in [0.1, 0.15) is 0 Å². The Morgan fingerprint density at radius 2 is 2.06 bits per heavy atom. The van der Waals surface area contributed by atoms with Crippen molar-refractivity contribution < 1.29 is 4.39 Å². The maximum atomic E-state index is 12.1. The fourth-order valence-electron chi connectivity index (χ4n) is 2.58. The summed E-state index contributed by atoms with van der Waals surface area (Å²) in [6.45, 7) is 10.1. The van der Waals surface area contributed by atoms with E-state index in [1.807, 2.05) is 0 Å². The van der Waals surface area contributed by atoms with Gasteiger partial charge >= 0.3 is 0 Å². The molecule has 0 aromatic heterocycles. The highest BCUT2D eigenvalue weighted by molar-refractivity contribution is 4.94. The van der Waals surface area contributed by atoms with E-state index >= 15 is 0 Å². The van der Waals surface area contributed by atoms with Gasteiger partial charge in [0.2, 0.25) is 0 Å². The maximum Gasteiger partial charge on any atom is 0.0894 e. The number of hydrogen-bond acceptors (Lipinski definition) is 2. The Kier molecular flexibility index (Phi) is 6.42. The van der Waals surface area contributed by atoms with Gasteiger partial charge in [0, 0.05) is 24.7 Å². The molecule has 2 atom stereocenters. The first-order chi connectivity index (χ1) is 8.16. The molecule has 0 saturated carbocycles. The quantitative estimate of drug-likeness (QED) is 0.693. The molecule has 1 N–H and O–H groups in total. The normalized spacial score (nSPS) is 30.7. The minimum atomic E-state index is -0.163. The van der Waals surface area contributed by atoms with E-state index in [1.165, 1.54) is 12.8 Å². The number of nitrogens with zero attached hydrogens (tertiary/aromatic N) is 1. The summed E-state index contributed by atoms with van der Waals surface area (Å²) in [5, 5.41) is 3.64. The van der Waals surface area contributed by atoms with Gasteiger partial charge in [-0.15, -0.1) is 0 Å². The number of rotatable bonds is 7. The topological polar surface area (TPSA) is 15.3 Å². The lowest BCUT2D eigenvalue weighted by Crippen LogP contribution is -2.63. The predicted molar refractivity (Wildman–Crippen MR) is 72.2 cm³/mol. The molecular formula is C14H29FN2. The molecule has 0 radical (unpaired) electrons. The van der Waals surface area contributed by atoms with Crippen LogP contribution in [0.1, 0.15) is 52.9 Å². The second kappa shape index (κ2) is 7.32. The molecule has 2 nitrogen and oxygen atoms in total. The zero-order valence-electron chi connectivity index (χ0n) is 11.8. The largest absolute Gasteiger partial charge is 0.311 e. The SMILES string of the molecule is CCC1CN(CCCCCF)C(C)(CC)CN1. The molecule has 1 aliphatic rings. The van der Waals surface area contributed by atoms with E-state index in [2.05, 4.69) is 31.0 Å². The second-order valence-corrected chi connectivity index (χ2v) is 5.53. The van der Waals surface area contributed by atoms with Crippen molar-refractivity contribution in [3.8, 4) is 0 Å². The summed E-state index contributed by atoms with van der Waals surface area (Å²) >= 11 is 0. The van der Waals surface area contributed by atoms with Crippen molar-refractivity contribution in [2.24, 2.45) is 0 Å². The summed E-state index contributed by atoms with van der Waals surface area (Å²) in [5.74, 6) is 0. The first kappa shape index (κ1) is 14.9. The molecule has 1 heterocycles. The molecule has 0 aromatic carbocycles. The Labute approximate surface area is 106 Å². The third-order valence-electron chi connectivity index (χ3n) is 4.29. The molecule has 2 unspecified atom stereocenters. The third-order valence-corrected chi connectivity index (χ3v) is 4.29. The van der Waals surface area contributed by atoms with E-state index in [9.17, 15) is 4.39 Å². The second-order valence-electron chi connectivity index (χ2n) is 5.53. The van der Waals surface area contributed by atoms with Crippen molar-refractivity contribution >= 4 is 0 Å². The van der Waals surface area contributed by atoms with E-state index in [1.54, 1.807) is 0 Å². The van der Waals surface area contributed by atoms with E-state index in [4.69, 9.17) is 0 Å². The Hall–Kier alpha value is -0.150. The number of unbranched alkanes of at least 4 members (excludes halogenated alkanes) is 2. The Morgan fingerprint density at radius 3 is 2.65 bits per heavy atom. The number of halogens is 1. The lowest BCUT2D eigenvalue weighted by molar-refractivity contribution is 0.0464. The molecule has 0 aromatic rings. The van der Waals surface area contributed by atoms with E-state index in [0.29, 0.717) is 11.6 Å². The zero-order valence-corrected chi connectivity index (χ0v) is 11.8. The fraction of sp³-hybridized carbons (Fsp3) is 1.00. The van der Waals surface area contributed by atoms with Crippen LogP contribution in [0.4, 0.5) is 4.39 Å². The number of hydrogen-bond donors (Lipinski definition) is 1. The van der Waals surface area contributed by atoms with Gasteiger partial charge in [-0.3, -0.25) is 9.29 Å². The van der Waals surface area contributed by atoms with E-state index in [-0.39, 0.29) is 6.67 Å². The van der Waals surface area contributed by atoms with Gasteiger partial charge in [-0.25, -0.2) is 0 Å². The van der Waals surface area contributed by atoms with Crippen LogP contribution >= 0.6 is 0 Å². The summed E-state index contributed by atoms with van der Waals surface area (Å²) in [7, 11) is 0. The summed E-state index contributed by atoms with van der Waals surface area (Å²) in [6, 6.07) is 0.635. The molecule has 102 valence electrons. The maximum absolute atomic E-state index is 12.1. The van der Waals surface area contributed by atoms with Gasteiger partial charge in [-0.1, -0.05) is 13.8 Å². The molecule has 1 fully saturated rings. The van der Waals surface area contributed by atoms with Crippen LogP contribution in [0, 0.1) is 0 Å². The van der Waals surface area contributed by atoms with E-state index in [0.717, 1.165) is 38.9 Å². The van der Waals surface area contributed by atoms with Crippen molar-refractivity contribution in [3.63, 3.8) is 0 Å². The molecule has 1 aliphatic heterocycles. The van der Waals surface area contributed by atoms with Gasteiger partial charge in [0.05, 0.1) is 6.67 Å². The van der Waals surface area contributed by atoms with Crippen LogP contribution < -0.4 is 5.32 Å². The highest BCUT2D eigenvalue weighted by Crippen LogP contribution is 2.24. The first-order valence-corrected chi connectivity index (χ1v) is 7.20. The molecule has 17 heavy (non-hydrogen) atoms. The van der Waals surface area contributed by atoms with Crippen molar-refractivity contribution in [2.75, 3.05) is 26.3 Å². The van der Waals surface area contributed by atoms with Crippen LogP contribution in [0.2, 0.25) is 0 Å². The summed E-state index contributed by atoms with van der Waals surface area (Å²) in [4.78, 5) is 2.62. The summed E-state index contributed by atoms with van der Waals surface area (Å²) < 4.78 is 12.1. The van der Waals surface area contributed by atoms with Crippen LogP contribution in [0.15, 0.2) is 0 Å². The van der Waals surface area contributed by atoms with Crippen molar-refractivity contribution in [1.29, 1.82) is 0 Å². The number of nitrogens with one attached hydrogen (secondary N) is 1. The molecule has 3 heteroatoms. The highest BCUT2D eigenvalue weighted by Gasteiger charge is 2.35. The van der Waals surface area contributed by atoms with Gasteiger partial charge in [0.15, 0.2) is 0 Å². The Balaban J connectivity index is 2.43. The van der Waals surface area contributed by atoms with Gasteiger partial charge in [-0.2, -0.15) is 0 Å². The van der Waals surface area contributed by atoms with Crippen LogP contribution in [0.25, 0.3) is 0 Å². The van der Waals surface area contributed by atoms with Crippen molar-refractivity contribution in [2.45, 2.75) is 64.5 Å². The number of piperazine rings is 1. The summed E-state index contributed by atoms with van der Waals surface area (Å²) in [5.41, 5.74) is 0.293. The van der Waals surface area contributed by atoms with Crippen LogP contribution in [-0.2, 0) is 0 Å². The highest BCUT2D eigenvalue weighted by atomic mass is 19.1. The third kappa shape index (κ3) is 4.22.